The molecule has 0 aromatic heterocycles. The summed E-state index contributed by atoms with van der Waals surface area (Å²) in [5.41, 5.74) is 1.13. The topological polar surface area (TPSA) is 29.5 Å². The predicted molar refractivity (Wildman–Crippen MR) is 87.7 cm³/mol. The highest BCUT2D eigenvalue weighted by atomic mass is 16.5. The third kappa shape index (κ3) is 4.74. The van der Waals surface area contributed by atoms with E-state index in [4.69, 9.17) is 4.74 Å². The summed E-state index contributed by atoms with van der Waals surface area (Å²) in [5.74, 6) is 2.26. The molecule has 2 heteroatoms. The molecule has 1 aromatic rings. The van der Waals surface area contributed by atoms with Crippen LogP contribution in [0.15, 0.2) is 24.3 Å². The number of hydrogen-bond donors (Lipinski definition) is 1. The number of benzene rings is 1. The van der Waals surface area contributed by atoms with Gasteiger partial charge >= 0.3 is 0 Å². The molecule has 0 aliphatic heterocycles. The Labute approximate surface area is 129 Å². The van der Waals surface area contributed by atoms with Gasteiger partial charge in [-0.1, -0.05) is 57.2 Å². The van der Waals surface area contributed by atoms with Gasteiger partial charge in [-0.15, -0.1) is 0 Å². The van der Waals surface area contributed by atoms with Crippen LogP contribution in [0.4, 0.5) is 0 Å². The molecule has 1 aliphatic carbocycles. The van der Waals surface area contributed by atoms with Crippen molar-refractivity contribution in [2.24, 2.45) is 11.8 Å². The van der Waals surface area contributed by atoms with Crippen LogP contribution in [-0.2, 0) is 6.42 Å². The minimum absolute atomic E-state index is 0.228. The summed E-state index contributed by atoms with van der Waals surface area (Å²) in [6, 6.07) is 8.04. The molecule has 0 amide bonds. The Hall–Kier alpha value is -1.02. The zero-order valence-corrected chi connectivity index (χ0v) is 13.6. The van der Waals surface area contributed by atoms with E-state index < -0.39 is 0 Å². The Bertz CT molecular complexity index is 408. The molecule has 0 heterocycles. The average Bonchev–Trinajstić information content (AvgIpc) is 2.54. The first kappa shape index (κ1) is 16.4. The van der Waals surface area contributed by atoms with E-state index in [0.29, 0.717) is 12.3 Å². The standard InChI is InChI=1S/C19H30O2/c1-3-4-7-15-10-12-16(13-11-15)18(20)14-17-8-5-6-9-19(17)21-2/h5-6,8-9,15-16,18,20H,3-4,7,10-14H2,1-2H3. The fourth-order valence-electron chi connectivity index (χ4n) is 3.62. The summed E-state index contributed by atoms with van der Waals surface area (Å²) >= 11 is 0. The minimum Gasteiger partial charge on any atom is -0.496 e. The van der Waals surface area contributed by atoms with Gasteiger partial charge in [0.25, 0.3) is 0 Å². The lowest BCUT2D eigenvalue weighted by atomic mass is 9.76. The van der Waals surface area contributed by atoms with E-state index in [1.54, 1.807) is 7.11 Å². The molecule has 0 radical (unpaired) electrons. The lowest BCUT2D eigenvalue weighted by Gasteiger charge is -2.31. The molecule has 1 saturated carbocycles. The van der Waals surface area contributed by atoms with Gasteiger partial charge in [0, 0.05) is 6.42 Å². The van der Waals surface area contributed by atoms with Crippen LogP contribution in [0.5, 0.6) is 5.75 Å². The quantitative estimate of drug-likeness (QED) is 0.795. The molecule has 0 bridgehead atoms. The van der Waals surface area contributed by atoms with Crippen molar-refractivity contribution < 1.29 is 9.84 Å². The van der Waals surface area contributed by atoms with E-state index in [9.17, 15) is 5.11 Å². The molecule has 2 nitrogen and oxygen atoms in total. The van der Waals surface area contributed by atoms with Crippen molar-refractivity contribution in [2.45, 2.75) is 64.4 Å². The summed E-state index contributed by atoms with van der Waals surface area (Å²) in [6.45, 7) is 2.27. The SMILES string of the molecule is CCCCC1CCC(C(O)Cc2ccccc2OC)CC1. The second kappa shape index (κ2) is 8.43. The summed E-state index contributed by atoms with van der Waals surface area (Å²) in [7, 11) is 1.70. The third-order valence-corrected chi connectivity index (χ3v) is 5.02. The van der Waals surface area contributed by atoms with E-state index in [1.807, 2.05) is 18.2 Å². The van der Waals surface area contributed by atoms with Crippen LogP contribution in [0.3, 0.4) is 0 Å². The number of rotatable bonds is 7. The highest BCUT2D eigenvalue weighted by Gasteiger charge is 2.26. The van der Waals surface area contributed by atoms with Crippen molar-refractivity contribution in [1.29, 1.82) is 0 Å². The molecular formula is C19H30O2. The Morgan fingerprint density at radius 1 is 1.19 bits per heavy atom. The summed E-state index contributed by atoms with van der Waals surface area (Å²) < 4.78 is 5.38. The first-order valence-electron chi connectivity index (χ1n) is 8.54. The smallest absolute Gasteiger partial charge is 0.122 e. The van der Waals surface area contributed by atoms with Crippen molar-refractivity contribution >= 4 is 0 Å². The van der Waals surface area contributed by atoms with Gasteiger partial charge < -0.3 is 9.84 Å². The molecule has 1 N–H and O–H groups in total. The van der Waals surface area contributed by atoms with Crippen LogP contribution < -0.4 is 4.74 Å². The highest BCUT2D eigenvalue weighted by Crippen LogP contribution is 2.35. The first-order chi connectivity index (χ1) is 10.2. The maximum Gasteiger partial charge on any atom is 0.122 e. The van der Waals surface area contributed by atoms with Crippen LogP contribution >= 0.6 is 0 Å². The molecule has 1 atom stereocenters. The Kier molecular flexibility index (Phi) is 6.56. The van der Waals surface area contributed by atoms with E-state index in [-0.39, 0.29) is 6.10 Å². The van der Waals surface area contributed by atoms with Gasteiger partial charge in [-0.3, -0.25) is 0 Å². The number of ether oxygens (including phenoxy) is 1. The van der Waals surface area contributed by atoms with Crippen molar-refractivity contribution in [3.63, 3.8) is 0 Å². The average molecular weight is 290 g/mol. The second-order valence-electron chi connectivity index (χ2n) is 6.51. The first-order valence-corrected chi connectivity index (χ1v) is 8.54. The van der Waals surface area contributed by atoms with Crippen LogP contribution in [0.25, 0.3) is 0 Å². The van der Waals surface area contributed by atoms with Gasteiger partial charge in [0.1, 0.15) is 5.75 Å². The third-order valence-electron chi connectivity index (χ3n) is 5.02. The number of hydrogen-bond acceptors (Lipinski definition) is 2. The molecule has 0 spiro atoms. The maximum absolute atomic E-state index is 10.6. The molecule has 1 fully saturated rings. The fourth-order valence-corrected chi connectivity index (χ4v) is 3.62. The van der Waals surface area contributed by atoms with Crippen LogP contribution in [0.1, 0.15) is 57.4 Å². The molecular weight excluding hydrogens is 260 g/mol. The predicted octanol–water partition coefficient (Wildman–Crippen LogP) is 4.60. The summed E-state index contributed by atoms with van der Waals surface area (Å²) in [4.78, 5) is 0. The largest absolute Gasteiger partial charge is 0.496 e. The van der Waals surface area contributed by atoms with Gasteiger partial charge in [0.05, 0.1) is 13.2 Å². The van der Waals surface area contributed by atoms with Crippen molar-refractivity contribution in [2.75, 3.05) is 7.11 Å². The number of unbranched alkanes of at least 4 members (excludes halogenated alkanes) is 1. The molecule has 1 aliphatic rings. The lowest BCUT2D eigenvalue weighted by molar-refractivity contribution is 0.0721. The van der Waals surface area contributed by atoms with Crippen LogP contribution in [-0.4, -0.2) is 18.3 Å². The molecule has 118 valence electrons. The number of methoxy groups -OCH3 is 1. The maximum atomic E-state index is 10.6. The van der Waals surface area contributed by atoms with Crippen LogP contribution in [0, 0.1) is 11.8 Å². The molecule has 1 unspecified atom stereocenters. The van der Waals surface area contributed by atoms with Crippen molar-refractivity contribution in [3.8, 4) is 5.75 Å². The fraction of sp³-hybridized carbons (Fsp3) is 0.684. The number of aliphatic hydroxyl groups is 1. The normalized spacial score (nSPS) is 23.8. The van der Waals surface area contributed by atoms with Crippen LogP contribution in [0.2, 0.25) is 0 Å². The van der Waals surface area contributed by atoms with Gasteiger partial charge in [-0.2, -0.15) is 0 Å². The van der Waals surface area contributed by atoms with E-state index in [0.717, 1.165) is 17.2 Å². The molecule has 1 aromatic carbocycles. The molecule has 0 saturated heterocycles. The van der Waals surface area contributed by atoms with Gasteiger partial charge in [-0.25, -0.2) is 0 Å². The molecule has 2 rings (SSSR count). The van der Waals surface area contributed by atoms with E-state index >= 15 is 0 Å². The van der Waals surface area contributed by atoms with Crippen molar-refractivity contribution in [1.82, 2.24) is 0 Å². The van der Waals surface area contributed by atoms with Gasteiger partial charge in [0.15, 0.2) is 0 Å². The summed E-state index contributed by atoms with van der Waals surface area (Å²) in [5, 5.41) is 10.6. The minimum atomic E-state index is -0.228. The zero-order valence-electron chi connectivity index (χ0n) is 13.6. The van der Waals surface area contributed by atoms with Gasteiger partial charge in [-0.05, 0) is 36.3 Å². The Balaban J connectivity index is 1.83. The Morgan fingerprint density at radius 3 is 2.57 bits per heavy atom. The zero-order chi connectivity index (χ0) is 15.1. The number of aliphatic hydroxyl groups excluding tert-OH is 1. The second-order valence-corrected chi connectivity index (χ2v) is 6.51. The molecule has 21 heavy (non-hydrogen) atoms. The highest BCUT2D eigenvalue weighted by molar-refractivity contribution is 5.33. The van der Waals surface area contributed by atoms with E-state index in [1.165, 1.54) is 44.9 Å². The van der Waals surface area contributed by atoms with Crippen molar-refractivity contribution in [3.05, 3.63) is 29.8 Å². The summed E-state index contributed by atoms with van der Waals surface area (Å²) in [6.07, 6.45) is 9.50. The Morgan fingerprint density at radius 2 is 1.90 bits per heavy atom. The van der Waals surface area contributed by atoms with E-state index in [2.05, 4.69) is 13.0 Å². The monoisotopic (exact) mass is 290 g/mol. The van der Waals surface area contributed by atoms with Gasteiger partial charge in [0.2, 0.25) is 0 Å². The lowest BCUT2D eigenvalue weighted by Crippen LogP contribution is -2.27. The number of para-hydroxylation sites is 1.